The lowest BCUT2D eigenvalue weighted by Crippen LogP contribution is -2.12. The van der Waals surface area contributed by atoms with Crippen LogP contribution < -0.4 is 33.8 Å². The van der Waals surface area contributed by atoms with Gasteiger partial charge in [-0.05, 0) is 162 Å². The zero-order valence-electron chi connectivity index (χ0n) is 40.4. The van der Waals surface area contributed by atoms with Gasteiger partial charge in [0.15, 0.2) is 0 Å². The summed E-state index contributed by atoms with van der Waals surface area (Å²) in [5.41, 5.74) is 15.0. The van der Waals surface area contributed by atoms with Gasteiger partial charge in [-0.3, -0.25) is 0 Å². The first-order valence-electron chi connectivity index (χ1n) is 23.8. The van der Waals surface area contributed by atoms with E-state index in [1.54, 1.807) is 21.3 Å². The molecule has 0 bridgehead atoms. The highest BCUT2D eigenvalue weighted by Crippen LogP contribution is 2.43. The summed E-state index contributed by atoms with van der Waals surface area (Å²) >= 11 is 0. The lowest BCUT2D eigenvalue weighted by atomic mass is 10.0. The van der Waals surface area contributed by atoms with Crippen molar-refractivity contribution in [3.05, 3.63) is 260 Å². The second-order valence-electron chi connectivity index (χ2n) is 17.1. The molecule has 0 atom stereocenters. The number of ether oxygens (including phenoxy) is 3. The summed E-state index contributed by atoms with van der Waals surface area (Å²) in [5.74, 6) is 2.32. The first-order chi connectivity index (χ1) is 35.5. The monoisotopic (exact) mass is 942 g/mol. The van der Waals surface area contributed by atoms with E-state index in [-0.39, 0.29) is 6.61 Å². The molecule has 0 aliphatic carbocycles. The average Bonchev–Trinajstić information content (AvgIpc) is 3.45. The molecule has 0 aliphatic heterocycles. The molecular formula is C64H54N4O4. The predicted octanol–water partition coefficient (Wildman–Crippen LogP) is 16.8. The molecule has 0 spiro atoms. The van der Waals surface area contributed by atoms with E-state index in [9.17, 15) is 5.11 Å². The molecule has 0 fully saturated rings. The quantitative estimate of drug-likeness (QED) is 0.0969. The number of hydrogen-bond acceptors (Lipinski definition) is 8. The molecule has 0 unspecified atom stereocenters. The highest BCUT2D eigenvalue weighted by molar-refractivity contribution is 5.85. The van der Waals surface area contributed by atoms with Gasteiger partial charge in [-0.1, -0.05) is 91.0 Å². The lowest BCUT2D eigenvalue weighted by Gasteiger charge is -2.29. The fourth-order valence-corrected chi connectivity index (χ4v) is 9.09. The molecule has 10 aromatic rings. The Morgan fingerprint density at radius 3 is 0.819 bits per heavy atom. The van der Waals surface area contributed by atoms with E-state index in [0.717, 1.165) is 102 Å². The first-order valence-corrected chi connectivity index (χ1v) is 23.8. The van der Waals surface area contributed by atoms with Crippen molar-refractivity contribution in [3.63, 3.8) is 0 Å². The van der Waals surface area contributed by atoms with Crippen molar-refractivity contribution in [2.75, 3.05) is 40.9 Å². The van der Waals surface area contributed by atoms with Crippen LogP contribution in [0.15, 0.2) is 255 Å². The van der Waals surface area contributed by atoms with Crippen LogP contribution in [-0.2, 0) is 6.61 Å². The van der Waals surface area contributed by atoms with E-state index in [1.807, 2.05) is 84.9 Å². The number of rotatable bonds is 17. The summed E-state index contributed by atoms with van der Waals surface area (Å²) in [6, 6.07) is 87.8. The summed E-state index contributed by atoms with van der Waals surface area (Å²) in [7, 11) is 5.05. The van der Waals surface area contributed by atoms with Gasteiger partial charge in [0, 0.05) is 86.4 Å². The largest absolute Gasteiger partial charge is 0.497 e. The van der Waals surface area contributed by atoms with Gasteiger partial charge in [-0.2, -0.15) is 0 Å². The van der Waals surface area contributed by atoms with E-state index in [0.29, 0.717) is 0 Å². The normalized spacial score (nSPS) is 10.8. The Bertz CT molecular complexity index is 3030. The summed E-state index contributed by atoms with van der Waals surface area (Å²) in [4.78, 5) is 8.93. The van der Waals surface area contributed by atoms with E-state index in [2.05, 4.69) is 189 Å². The molecule has 72 heavy (non-hydrogen) atoms. The van der Waals surface area contributed by atoms with Crippen molar-refractivity contribution in [2.24, 2.45) is 0 Å². The Kier molecular flexibility index (Phi) is 13.9. The molecule has 0 saturated heterocycles. The molecule has 10 aromatic carbocycles. The zero-order chi connectivity index (χ0) is 49.2. The zero-order valence-corrected chi connectivity index (χ0v) is 40.4. The second kappa shape index (κ2) is 21.6. The highest BCUT2D eigenvalue weighted by atomic mass is 16.5. The van der Waals surface area contributed by atoms with Crippen LogP contribution in [0.25, 0.3) is 11.1 Å². The Morgan fingerprint density at radius 2 is 0.514 bits per heavy atom. The smallest absolute Gasteiger partial charge is 0.120 e. The number of hydrogen-bond donors (Lipinski definition) is 1. The predicted molar refractivity (Wildman–Crippen MR) is 296 cm³/mol. The molecule has 0 aliphatic rings. The molecule has 1 N–H and O–H groups in total. The number of nitrogens with zero attached hydrogens (tertiary/aromatic N) is 4. The summed E-state index contributed by atoms with van der Waals surface area (Å²) in [5, 5.41) is 10.0. The molecule has 10 rings (SSSR count). The van der Waals surface area contributed by atoms with E-state index in [1.165, 1.54) is 0 Å². The SMILES string of the molecule is COc1cccc(N(c2ccc(N(c3ccccc3)c3ccc(-c4ccc(N(c5ccccc5)c5ccc(N(c6cccc(OC)c6)c6cccc(OC)c6)cc5)cc4)cc3)cc2)c2cccc(CO)c2)c1. The number of aliphatic hydroxyl groups excluding tert-OH is 1. The number of methoxy groups -OCH3 is 3. The van der Waals surface area contributed by atoms with Crippen LogP contribution in [0.3, 0.4) is 0 Å². The third-order valence-electron chi connectivity index (χ3n) is 12.6. The van der Waals surface area contributed by atoms with Gasteiger partial charge in [-0.15, -0.1) is 0 Å². The molecule has 8 nitrogen and oxygen atoms in total. The van der Waals surface area contributed by atoms with Gasteiger partial charge in [0.1, 0.15) is 17.2 Å². The lowest BCUT2D eigenvalue weighted by molar-refractivity contribution is 0.282. The second-order valence-corrected chi connectivity index (χ2v) is 17.1. The van der Waals surface area contributed by atoms with Gasteiger partial charge in [0.2, 0.25) is 0 Å². The number of aliphatic hydroxyl groups is 1. The number of para-hydroxylation sites is 2. The fourth-order valence-electron chi connectivity index (χ4n) is 9.09. The van der Waals surface area contributed by atoms with Crippen LogP contribution in [0.1, 0.15) is 5.56 Å². The van der Waals surface area contributed by atoms with Crippen LogP contribution in [-0.4, -0.2) is 26.4 Å². The topological polar surface area (TPSA) is 60.9 Å². The molecule has 354 valence electrons. The molecule has 0 saturated carbocycles. The van der Waals surface area contributed by atoms with E-state index >= 15 is 0 Å². The Hall–Kier alpha value is -9.24. The molecule has 8 heteroatoms. The minimum atomic E-state index is -0.0449. The average molecular weight is 943 g/mol. The Balaban J connectivity index is 0.939. The van der Waals surface area contributed by atoms with Gasteiger partial charge in [-0.25, -0.2) is 0 Å². The van der Waals surface area contributed by atoms with Crippen molar-refractivity contribution < 1.29 is 19.3 Å². The van der Waals surface area contributed by atoms with Gasteiger partial charge in [0.05, 0.1) is 27.9 Å². The third kappa shape index (κ3) is 10.1. The van der Waals surface area contributed by atoms with Crippen LogP contribution in [0.5, 0.6) is 17.2 Å². The van der Waals surface area contributed by atoms with Crippen LogP contribution in [0.4, 0.5) is 68.2 Å². The summed E-state index contributed by atoms with van der Waals surface area (Å²) in [6.45, 7) is -0.0449. The molecule has 0 heterocycles. The van der Waals surface area contributed by atoms with Crippen molar-refractivity contribution in [2.45, 2.75) is 6.61 Å². The Labute approximate surface area is 422 Å². The van der Waals surface area contributed by atoms with Crippen molar-refractivity contribution in [1.82, 2.24) is 0 Å². The molecule has 0 amide bonds. The number of anilines is 12. The van der Waals surface area contributed by atoms with Gasteiger partial charge >= 0.3 is 0 Å². The third-order valence-corrected chi connectivity index (χ3v) is 12.6. The van der Waals surface area contributed by atoms with Gasteiger partial charge < -0.3 is 38.9 Å². The van der Waals surface area contributed by atoms with Crippen molar-refractivity contribution in [3.8, 4) is 28.4 Å². The summed E-state index contributed by atoms with van der Waals surface area (Å²) in [6.07, 6.45) is 0. The van der Waals surface area contributed by atoms with Gasteiger partial charge in [0.25, 0.3) is 0 Å². The minimum absolute atomic E-state index is 0.0449. The number of benzene rings is 10. The summed E-state index contributed by atoms with van der Waals surface area (Å²) < 4.78 is 16.9. The molecule has 0 aromatic heterocycles. The molecule has 0 radical (unpaired) electrons. The van der Waals surface area contributed by atoms with Crippen LogP contribution >= 0.6 is 0 Å². The van der Waals surface area contributed by atoms with Crippen LogP contribution in [0.2, 0.25) is 0 Å². The van der Waals surface area contributed by atoms with E-state index < -0.39 is 0 Å². The maximum Gasteiger partial charge on any atom is 0.120 e. The minimum Gasteiger partial charge on any atom is -0.497 e. The van der Waals surface area contributed by atoms with Crippen LogP contribution in [0, 0.1) is 0 Å². The van der Waals surface area contributed by atoms with E-state index in [4.69, 9.17) is 14.2 Å². The highest BCUT2D eigenvalue weighted by Gasteiger charge is 2.20. The van der Waals surface area contributed by atoms with Crippen molar-refractivity contribution >= 4 is 68.2 Å². The maximum absolute atomic E-state index is 10.0. The van der Waals surface area contributed by atoms with Crippen molar-refractivity contribution in [1.29, 1.82) is 0 Å². The first kappa shape index (κ1) is 46.5. The standard InChI is InChI=1S/C64H54N4O4/c1-70-62-23-11-20-59(43-62)67(58-19-10-14-47(42-58)46-69)56-38-34-54(35-39-56)65(50-15-6-4-7-16-50)52-30-26-48(27-31-52)49-28-32-53(33-29-49)66(51-17-8-5-9-18-51)55-36-40-57(41-37-55)68(60-21-12-24-63(44-60)71-2)61-22-13-25-64(45-61)72-3/h4-45,69H,46H2,1-3H3. The molecular weight excluding hydrogens is 889 g/mol. The Morgan fingerprint density at radius 1 is 0.264 bits per heavy atom. The fraction of sp³-hybridized carbons (Fsp3) is 0.0625. The maximum atomic E-state index is 10.0.